The minimum atomic E-state index is 1.22. The van der Waals surface area contributed by atoms with E-state index in [1.165, 1.54) is 80.5 Å². The van der Waals surface area contributed by atoms with Crippen LogP contribution in [0.1, 0.15) is 0 Å². The maximum Gasteiger partial charge on any atom is 0.0620 e. The predicted molar refractivity (Wildman–Crippen MR) is 174 cm³/mol. The van der Waals surface area contributed by atoms with Crippen LogP contribution in [0.2, 0.25) is 0 Å². The highest BCUT2D eigenvalue weighted by Crippen LogP contribution is 2.45. The molecule has 0 unspecified atom stereocenters. The van der Waals surface area contributed by atoms with Gasteiger partial charge < -0.3 is 4.40 Å². The van der Waals surface area contributed by atoms with Gasteiger partial charge in [-0.05, 0) is 46.2 Å². The molecule has 1 nitrogen and oxygen atoms in total. The van der Waals surface area contributed by atoms with Gasteiger partial charge in [-0.15, -0.1) is 11.3 Å². The fraction of sp³-hybridized carbons (Fsp3) is 0. The number of aromatic nitrogens is 1. The first-order valence-electron chi connectivity index (χ1n) is 13.7. The van der Waals surface area contributed by atoms with E-state index < -0.39 is 0 Å². The Morgan fingerprint density at radius 2 is 1.15 bits per heavy atom. The van der Waals surface area contributed by atoms with Crippen LogP contribution in [-0.4, -0.2) is 4.40 Å². The fourth-order valence-corrected chi connectivity index (χ4v) is 7.72. The standard InChI is InChI=1S/C38H23NS/c1-3-11-24(12-4-1)30-21-33(26-14-5-2-6-15-26)39-34-22-31-28-17-9-10-18-35(28)40-36(31)23-32(34)37-27-16-8-7-13-25(27)19-20-29(37)38(30)39/h1-23H. The van der Waals surface area contributed by atoms with Crippen molar-refractivity contribution in [2.24, 2.45) is 0 Å². The lowest BCUT2D eigenvalue weighted by Gasteiger charge is -2.15. The second-order valence-electron chi connectivity index (χ2n) is 10.5. The van der Waals surface area contributed by atoms with Crippen molar-refractivity contribution in [1.82, 2.24) is 4.40 Å². The number of benzene rings is 6. The first kappa shape index (κ1) is 22.0. The van der Waals surface area contributed by atoms with Crippen molar-refractivity contribution in [3.63, 3.8) is 0 Å². The van der Waals surface area contributed by atoms with Crippen LogP contribution >= 0.6 is 11.3 Å². The van der Waals surface area contributed by atoms with Crippen molar-refractivity contribution >= 4 is 69.5 Å². The molecule has 40 heavy (non-hydrogen) atoms. The van der Waals surface area contributed by atoms with Crippen molar-refractivity contribution in [1.29, 1.82) is 0 Å². The topological polar surface area (TPSA) is 4.41 Å². The number of nitrogens with zero attached hydrogens (tertiary/aromatic N) is 1. The molecule has 0 fully saturated rings. The summed E-state index contributed by atoms with van der Waals surface area (Å²) in [6.45, 7) is 0. The van der Waals surface area contributed by atoms with E-state index >= 15 is 0 Å². The van der Waals surface area contributed by atoms with E-state index in [0.29, 0.717) is 0 Å². The Morgan fingerprint density at radius 1 is 0.450 bits per heavy atom. The van der Waals surface area contributed by atoms with Gasteiger partial charge in [-0.1, -0.05) is 115 Å². The molecule has 0 saturated carbocycles. The normalized spacial score (nSPS) is 12.0. The van der Waals surface area contributed by atoms with E-state index in [9.17, 15) is 0 Å². The van der Waals surface area contributed by atoms with Gasteiger partial charge in [-0.3, -0.25) is 0 Å². The summed E-state index contributed by atoms with van der Waals surface area (Å²) in [5.74, 6) is 0. The zero-order chi connectivity index (χ0) is 26.2. The van der Waals surface area contributed by atoms with Crippen LogP contribution in [0.4, 0.5) is 0 Å². The average molecular weight is 526 g/mol. The van der Waals surface area contributed by atoms with Crippen molar-refractivity contribution in [3.05, 3.63) is 140 Å². The largest absolute Gasteiger partial charge is 0.308 e. The second kappa shape index (κ2) is 8.29. The van der Waals surface area contributed by atoms with Crippen LogP contribution in [0.5, 0.6) is 0 Å². The summed E-state index contributed by atoms with van der Waals surface area (Å²) in [4.78, 5) is 0. The first-order valence-corrected chi connectivity index (χ1v) is 14.5. The summed E-state index contributed by atoms with van der Waals surface area (Å²) in [6.07, 6.45) is 0. The highest BCUT2D eigenvalue weighted by Gasteiger charge is 2.21. The molecule has 9 rings (SSSR count). The third-order valence-corrected chi connectivity index (χ3v) is 9.48. The Labute approximate surface area is 235 Å². The van der Waals surface area contributed by atoms with Gasteiger partial charge in [0.15, 0.2) is 0 Å². The molecule has 0 spiro atoms. The fourth-order valence-electron chi connectivity index (χ4n) is 6.59. The lowest BCUT2D eigenvalue weighted by Crippen LogP contribution is -1.94. The summed E-state index contributed by atoms with van der Waals surface area (Å²) < 4.78 is 5.19. The minimum Gasteiger partial charge on any atom is -0.308 e. The van der Waals surface area contributed by atoms with Crippen LogP contribution < -0.4 is 0 Å². The molecule has 0 aliphatic rings. The molecule has 0 saturated heterocycles. The average Bonchev–Trinajstić information content (AvgIpc) is 3.60. The number of hydrogen-bond donors (Lipinski definition) is 0. The molecule has 3 heterocycles. The Kier molecular flexibility index (Phi) is 4.55. The quantitative estimate of drug-likeness (QED) is 0.198. The van der Waals surface area contributed by atoms with Crippen LogP contribution in [0, 0.1) is 0 Å². The Balaban J connectivity index is 1.60. The molecular weight excluding hydrogens is 502 g/mol. The molecule has 0 radical (unpaired) electrons. The zero-order valence-electron chi connectivity index (χ0n) is 21.6. The predicted octanol–water partition coefficient (Wildman–Crippen LogP) is 11.1. The van der Waals surface area contributed by atoms with Crippen LogP contribution in [0.15, 0.2) is 140 Å². The summed E-state index contributed by atoms with van der Waals surface area (Å²) in [6, 6.07) is 51.2. The van der Waals surface area contributed by atoms with Crippen molar-refractivity contribution in [2.45, 2.75) is 0 Å². The molecule has 9 aromatic rings. The smallest absolute Gasteiger partial charge is 0.0620 e. The summed E-state index contributed by atoms with van der Waals surface area (Å²) in [5, 5.41) is 9.13. The molecule has 3 aromatic heterocycles. The number of rotatable bonds is 2. The molecular formula is C38H23NS. The van der Waals surface area contributed by atoms with Gasteiger partial charge in [-0.25, -0.2) is 0 Å². The first-order chi connectivity index (χ1) is 19.8. The molecule has 186 valence electrons. The van der Waals surface area contributed by atoms with E-state index in [4.69, 9.17) is 0 Å². The second-order valence-corrected chi connectivity index (χ2v) is 11.6. The number of hydrogen-bond acceptors (Lipinski definition) is 1. The molecule has 0 aliphatic carbocycles. The van der Waals surface area contributed by atoms with Gasteiger partial charge in [0.1, 0.15) is 0 Å². The number of fused-ring (bicyclic) bond motifs is 11. The molecule has 6 aromatic carbocycles. The highest BCUT2D eigenvalue weighted by molar-refractivity contribution is 7.25. The van der Waals surface area contributed by atoms with Crippen LogP contribution in [0.25, 0.3) is 80.5 Å². The Bertz CT molecular complexity index is 2410. The van der Waals surface area contributed by atoms with E-state index in [-0.39, 0.29) is 0 Å². The third-order valence-electron chi connectivity index (χ3n) is 8.34. The Morgan fingerprint density at radius 3 is 1.98 bits per heavy atom. The van der Waals surface area contributed by atoms with Crippen molar-refractivity contribution in [3.8, 4) is 22.4 Å². The number of thiophene rings is 1. The molecule has 0 aliphatic heterocycles. The molecule has 2 heteroatoms. The Hall–Kier alpha value is -4.92. The highest BCUT2D eigenvalue weighted by atomic mass is 32.1. The van der Waals surface area contributed by atoms with Gasteiger partial charge >= 0.3 is 0 Å². The van der Waals surface area contributed by atoms with Gasteiger partial charge in [-0.2, -0.15) is 0 Å². The van der Waals surface area contributed by atoms with Crippen LogP contribution in [0.3, 0.4) is 0 Å². The summed E-state index contributed by atoms with van der Waals surface area (Å²) in [5.41, 5.74) is 7.44. The molecule has 0 N–H and O–H groups in total. The lowest BCUT2D eigenvalue weighted by molar-refractivity contribution is 1.29. The van der Waals surface area contributed by atoms with Gasteiger partial charge in [0.05, 0.1) is 16.7 Å². The zero-order valence-corrected chi connectivity index (χ0v) is 22.5. The maximum atomic E-state index is 2.52. The monoisotopic (exact) mass is 525 g/mol. The van der Waals surface area contributed by atoms with Gasteiger partial charge in [0, 0.05) is 41.9 Å². The van der Waals surface area contributed by atoms with Crippen LogP contribution in [-0.2, 0) is 0 Å². The SMILES string of the molecule is c1ccc(-c2cc(-c3ccccc3)n3c4cc5c(cc4c4c6ccccc6ccc4c23)sc2ccccc25)cc1. The molecule has 0 amide bonds. The molecule has 0 bridgehead atoms. The van der Waals surface area contributed by atoms with Crippen molar-refractivity contribution < 1.29 is 0 Å². The summed E-state index contributed by atoms with van der Waals surface area (Å²) >= 11 is 1.89. The van der Waals surface area contributed by atoms with E-state index in [0.717, 1.165) is 0 Å². The number of pyridine rings is 1. The van der Waals surface area contributed by atoms with Gasteiger partial charge in [0.2, 0.25) is 0 Å². The minimum absolute atomic E-state index is 1.22. The maximum absolute atomic E-state index is 2.52. The van der Waals surface area contributed by atoms with E-state index in [1.807, 2.05) is 11.3 Å². The van der Waals surface area contributed by atoms with Gasteiger partial charge in [0.25, 0.3) is 0 Å². The van der Waals surface area contributed by atoms with E-state index in [2.05, 4.69) is 144 Å². The van der Waals surface area contributed by atoms with Crippen molar-refractivity contribution in [2.75, 3.05) is 0 Å². The molecule has 0 atom stereocenters. The third kappa shape index (κ3) is 3.03. The lowest BCUT2D eigenvalue weighted by atomic mass is 9.95. The summed E-state index contributed by atoms with van der Waals surface area (Å²) in [7, 11) is 0. The van der Waals surface area contributed by atoms with E-state index in [1.54, 1.807) is 0 Å².